The molecule has 0 N–H and O–H groups in total. The first-order chi connectivity index (χ1) is 15.9. The summed E-state index contributed by atoms with van der Waals surface area (Å²) in [7, 11) is 0. The Bertz CT molecular complexity index is 1400. The van der Waals surface area contributed by atoms with E-state index < -0.39 is 5.41 Å². The van der Waals surface area contributed by atoms with Gasteiger partial charge >= 0.3 is 0 Å². The normalized spacial score (nSPS) is 14.4. The minimum Gasteiger partial charge on any atom is -0.308 e. The van der Waals surface area contributed by atoms with Crippen molar-refractivity contribution >= 4 is 17.1 Å². The fourth-order valence-electron chi connectivity index (χ4n) is 5.46. The van der Waals surface area contributed by atoms with E-state index in [1.807, 2.05) is 43.0 Å². The molecule has 7 rings (SSSR count). The fourth-order valence-corrected chi connectivity index (χ4v) is 5.46. The van der Waals surface area contributed by atoms with Crippen LogP contribution in [0.1, 0.15) is 22.5 Å². The quantitative estimate of drug-likeness (QED) is 0.332. The molecule has 0 fully saturated rings. The van der Waals surface area contributed by atoms with Crippen molar-refractivity contribution < 1.29 is 0 Å². The standard InChI is InChI=1S/C28H18N4/c1-2-8-19(9-3-1)32-24-13-5-4-12-22(24)28(23-14-17-29-18-25(23)32)26-20(10-6-15-30-26)21-11-7-16-31-27(21)28/h1-18H. The minimum atomic E-state index is -0.590. The number of hydrogen-bond acceptors (Lipinski definition) is 4. The highest BCUT2D eigenvalue weighted by atomic mass is 15.2. The van der Waals surface area contributed by atoms with E-state index in [1.54, 1.807) is 0 Å². The number of para-hydroxylation sites is 2. The van der Waals surface area contributed by atoms with E-state index in [4.69, 9.17) is 9.97 Å². The summed E-state index contributed by atoms with van der Waals surface area (Å²) in [5.74, 6) is 0. The molecule has 150 valence electrons. The highest BCUT2D eigenvalue weighted by Crippen LogP contribution is 2.61. The molecule has 0 bridgehead atoms. The van der Waals surface area contributed by atoms with Gasteiger partial charge in [0.2, 0.25) is 0 Å². The van der Waals surface area contributed by atoms with Crippen LogP contribution in [0.5, 0.6) is 0 Å². The lowest BCUT2D eigenvalue weighted by atomic mass is 9.68. The molecule has 0 radical (unpaired) electrons. The Morgan fingerprint density at radius 1 is 0.562 bits per heavy atom. The van der Waals surface area contributed by atoms with Gasteiger partial charge < -0.3 is 4.90 Å². The molecule has 4 nitrogen and oxygen atoms in total. The first-order valence-electron chi connectivity index (χ1n) is 10.7. The molecule has 0 atom stereocenters. The number of aromatic nitrogens is 3. The SMILES string of the molecule is c1ccc(N2c3ccccc3C3(c4ccncc42)c2ncccc2-c2cccnc23)cc1. The predicted molar refractivity (Wildman–Crippen MR) is 125 cm³/mol. The van der Waals surface area contributed by atoms with Crippen molar-refractivity contribution in [2.75, 3.05) is 4.90 Å². The van der Waals surface area contributed by atoms with Crippen LogP contribution in [0, 0.1) is 0 Å². The summed E-state index contributed by atoms with van der Waals surface area (Å²) in [5.41, 5.74) is 9.34. The molecule has 1 spiro atoms. The summed E-state index contributed by atoms with van der Waals surface area (Å²) < 4.78 is 0. The van der Waals surface area contributed by atoms with E-state index in [0.717, 1.165) is 45.1 Å². The van der Waals surface area contributed by atoms with E-state index in [0.29, 0.717) is 0 Å². The number of benzene rings is 2. The Labute approximate surface area is 185 Å². The predicted octanol–water partition coefficient (Wildman–Crippen LogP) is 6.02. The third kappa shape index (κ3) is 2.04. The van der Waals surface area contributed by atoms with Crippen molar-refractivity contribution in [3.63, 3.8) is 0 Å². The fraction of sp³-hybridized carbons (Fsp3) is 0.0357. The zero-order valence-corrected chi connectivity index (χ0v) is 17.2. The maximum atomic E-state index is 4.97. The lowest BCUT2D eigenvalue weighted by Gasteiger charge is -2.43. The summed E-state index contributed by atoms with van der Waals surface area (Å²) in [6.07, 6.45) is 7.61. The van der Waals surface area contributed by atoms with Gasteiger partial charge in [-0.2, -0.15) is 0 Å². The van der Waals surface area contributed by atoms with Crippen molar-refractivity contribution in [2.45, 2.75) is 5.41 Å². The second-order valence-electron chi connectivity index (χ2n) is 8.13. The molecule has 4 heteroatoms. The van der Waals surface area contributed by atoms with Crippen LogP contribution in [0.4, 0.5) is 17.1 Å². The molecule has 0 amide bonds. The van der Waals surface area contributed by atoms with Crippen molar-refractivity contribution in [2.24, 2.45) is 0 Å². The van der Waals surface area contributed by atoms with Crippen molar-refractivity contribution in [3.05, 3.63) is 132 Å². The number of anilines is 3. The van der Waals surface area contributed by atoms with Crippen molar-refractivity contribution in [3.8, 4) is 11.1 Å². The van der Waals surface area contributed by atoms with Crippen LogP contribution in [0.2, 0.25) is 0 Å². The van der Waals surface area contributed by atoms with Gasteiger partial charge in [0.05, 0.1) is 29.0 Å². The van der Waals surface area contributed by atoms with Crippen LogP contribution in [0.3, 0.4) is 0 Å². The van der Waals surface area contributed by atoms with Crippen molar-refractivity contribution in [1.82, 2.24) is 15.0 Å². The molecule has 32 heavy (non-hydrogen) atoms. The van der Waals surface area contributed by atoms with Gasteiger partial charge in [-0.1, -0.05) is 48.5 Å². The average molecular weight is 410 g/mol. The molecule has 2 aliphatic rings. The first-order valence-corrected chi connectivity index (χ1v) is 10.7. The molecule has 4 heterocycles. The van der Waals surface area contributed by atoms with Crippen LogP contribution in [-0.2, 0) is 5.41 Å². The largest absolute Gasteiger partial charge is 0.308 e. The van der Waals surface area contributed by atoms with E-state index in [-0.39, 0.29) is 0 Å². The molecule has 1 aliphatic heterocycles. The molecule has 0 saturated carbocycles. The number of rotatable bonds is 1. The van der Waals surface area contributed by atoms with Gasteiger partial charge in [0.15, 0.2) is 0 Å². The number of pyridine rings is 3. The molecule has 0 saturated heterocycles. The Hall–Kier alpha value is -4.31. The van der Waals surface area contributed by atoms with Gasteiger partial charge in [0, 0.05) is 41.0 Å². The van der Waals surface area contributed by atoms with Gasteiger partial charge in [-0.15, -0.1) is 0 Å². The summed E-state index contributed by atoms with van der Waals surface area (Å²) in [4.78, 5) is 16.8. The van der Waals surface area contributed by atoms with Crippen LogP contribution in [0.15, 0.2) is 110 Å². The first kappa shape index (κ1) is 17.4. The van der Waals surface area contributed by atoms with Crippen LogP contribution in [-0.4, -0.2) is 15.0 Å². The van der Waals surface area contributed by atoms with Gasteiger partial charge in [0.1, 0.15) is 5.41 Å². The average Bonchev–Trinajstić information content (AvgIpc) is 3.16. The number of nitrogens with zero attached hydrogens (tertiary/aromatic N) is 4. The smallest absolute Gasteiger partial charge is 0.110 e. The van der Waals surface area contributed by atoms with Crippen molar-refractivity contribution in [1.29, 1.82) is 0 Å². The minimum absolute atomic E-state index is 0.590. The van der Waals surface area contributed by atoms with E-state index in [9.17, 15) is 0 Å². The van der Waals surface area contributed by atoms with Gasteiger partial charge in [-0.05, 0) is 42.0 Å². The zero-order valence-electron chi connectivity index (χ0n) is 17.2. The third-order valence-electron chi connectivity index (χ3n) is 6.62. The summed E-state index contributed by atoms with van der Waals surface area (Å²) in [6.45, 7) is 0. The Balaban J connectivity index is 1.67. The summed E-state index contributed by atoms with van der Waals surface area (Å²) >= 11 is 0. The zero-order chi connectivity index (χ0) is 21.1. The summed E-state index contributed by atoms with van der Waals surface area (Å²) in [5, 5.41) is 0. The highest BCUT2D eigenvalue weighted by Gasteiger charge is 2.54. The monoisotopic (exact) mass is 410 g/mol. The lowest BCUT2D eigenvalue weighted by Crippen LogP contribution is -2.37. The van der Waals surface area contributed by atoms with Gasteiger partial charge in [0.25, 0.3) is 0 Å². The van der Waals surface area contributed by atoms with E-state index in [2.05, 4.69) is 76.6 Å². The maximum absolute atomic E-state index is 4.97. The third-order valence-corrected chi connectivity index (χ3v) is 6.62. The molecule has 1 aliphatic carbocycles. The molecule has 2 aromatic carbocycles. The maximum Gasteiger partial charge on any atom is 0.110 e. The second kappa shape index (κ2) is 6.34. The van der Waals surface area contributed by atoms with Crippen LogP contribution in [0.25, 0.3) is 11.1 Å². The van der Waals surface area contributed by atoms with E-state index >= 15 is 0 Å². The molecule has 5 aromatic rings. The number of hydrogen-bond donors (Lipinski definition) is 0. The Morgan fingerprint density at radius 2 is 1.22 bits per heavy atom. The van der Waals surface area contributed by atoms with Crippen LogP contribution < -0.4 is 4.90 Å². The second-order valence-corrected chi connectivity index (χ2v) is 8.13. The Kier molecular flexibility index (Phi) is 3.45. The van der Waals surface area contributed by atoms with Gasteiger partial charge in [-0.3, -0.25) is 15.0 Å². The molecule has 0 unspecified atom stereocenters. The summed E-state index contributed by atoms with van der Waals surface area (Å²) in [6, 6.07) is 29.5. The van der Waals surface area contributed by atoms with E-state index in [1.165, 1.54) is 5.56 Å². The lowest BCUT2D eigenvalue weighted by molar-refractivity contribution is 0.699. The van der Waals surface area contributed by atoms with Gasteiger partial charge in [-0.25, -0.2) is 0 Å². The topological polar surface area (TPSA) is 41.9 Å². The molecular weight excluding hydrogens is 392 g/mol. The Morgan fingerprint density at radius 3 is 1.97 bits per heavy atom. The molecule has 3 aromatic heterocycles. The van der Waals surface area contributed by atoms with Crippen LogP contribution >= 0.6 is 0 Å². The number of fused-ring (bicyclic) bond motifs is 9. The molecular formula is C28H18N4. The highest BCUT2D eigenvalue weighted by molar-refractivity contribution is 5.93.